The maximum atomic E-state index is 13.4. The highest BCUT2D eigenvalue weighted by Gasteiger charge is 2.20. The number of hydrogen-bond acceptors (Lipinski definition) is 3. The maximum absolute atomic E-state index is 13.4. The van der Waals surface area contributed by atoms with E-state index in [9.17, 15) is 4.79 Å². The highest BCUT2D eigenvalue weighted by atomic mass is 35.5. The van der Waals surface area contributed by atoms with Crippen LogP contribution in [0.2, 0.25) is 5.02 Å². The van der Waals surface area contributed by atoms with Crippen LogP contribution in [0.5, 0.6) is 0 Å². The first kappa shape index (κ1) is 20.0. The van der Waals surface area contributed by atoms with E-state index >= 15 is 0 Å². The Kier molecular flexibility index (Phi) is 5.17. The van der Waals surface area contributed by atoms with Crippen molar-refractivity contribution in [3.05, 3.63) is 107 Å². The molecule has 32 heavy (non-hydrogen) atoms. The number of carbonyl (C=O) groups is 1. The van der Waals surface area contributed by atoms with Gasteiger partial charge >= 0.3 is 0 Å². The molecule has 1 N–H and O–H groups in total. The standard InChI is InChI=1S/C26H19ClN4O/c1-17-7-4-8-18(15-17)25-20(16-31(30-25)24-13-3-2-10-21(24)27)26(32)29-23-12-5-11-22-19(23)9-6-14-28-22/h2-16H,1H3,(H,29,32). The summed E-state index contributed by atoms with van der Waals surface area (Å²) in [5.41, 5.74) is 5.21. The number of aryl methyl sites for hydroxylation is 1. The van der Waals surface area contributed by atoms with E-state index in [1.165, 1.54) is 0 Å². The maximum Gasteiger partial charge on any atom is 0.259 e. The third-order valence-corrected chi connectivity index (χ3v) is 5.56. The van der Waals surface area contributed by atoms with Gasteiger partial charge in [-0.2, -0.15) is 5.10 Å². The second-order valence-electron chi connectivity index (χ2n) is 7.49. The number of rotatable bonds is 4. The SMILES string of the molecule is Cc1cccc(-c2nn(-c3ccccc3Cl)cc2C(=O)Nc2cccc3ncccc23)c1. The Labute approximate surface area is 190 Å². The molecule has 5 rings (SSSR count). The molecule has 0 aliphatic heterocycles. The van der Waals surface area contributed by atoms with Crippen molar-refractivity contribution < 1.29 is 4.79 Å². The molecule has 0 unspecified atom stereocenters. The van der Waals surface area contributed by atoms with Crippen molar-refractivity contribution in [2.75, 3.05) is 5.32 Å². The summed E-state index contributed by atoms with van der Waals surface area (Å²) in [6, 6.07) is 24.8. The molecule has 0 radical (unpaired) electrons. The van der Waals surface area contributed by atoms with Crippen LogP contribution >= 0.6 is 11.6 Å². The van der Waals surface area contributed by atoms with Crippen LogP contribution in [0, 0.1) is 6.92 Å². The zero-order valence-electron chi connectivity index (χ0n) is 17.3. The minimum absolute atomic E-state index is 0.254. The normalized spacial score (nSPS) is 10.9. The van der Waals surface area contributed by atoms with Crippen LogP contribution in [0.4, 0.5) is 5.69 Å². The predicted molar refractivity (Wildman–Crippen MR) is 128 cm³/mol. The van der Waals surface area contributed by atoms with Crippen LogP contribution in [0.15, 0.2) is 91.3 Å². The number of halogens is 1. The lowest BCUT2D eigenvalue weighted by Gasteiger charge is -2.08. The summed E-state index contributed by atoms with van der Waals surface area (Å²) in [7, 11) is 0. The molecule has 0 bridgehead atoms. The van der Waals surface area contributed by atoms with Gasteiger partial charge in [0.2, 0.25) is 0 Å². The van der Waals surface area contributed by atoms with Gasteiger partial charge in [0.25, 0.3) is 5.91 Å². The summed E-state index contributed by atoms with van der Waals surface area (Å²) >= 11 is 6.40. The summed E-state index contributed by atoms with van der Waals surface area (Å²) in [6.07, 6.45) is 3.45. The van der Waals surface area contributed by atoms with E-state index < -0.39 is 0 Å². The number of carbonyl (C=O) groups excluding carboxylic acids is 1. The van der Waals surface area contributed by atoms with Crippen molar-refractivity contribution in [2.24, 2.45) is 0 Å². The van der Waals surface area contributed by atoms with Crippen LogP contribution in [-0.2, 0) is 0 Å². The van der Waals surface area contributed by atoms with Crippen molar-refractivity contribution >= 4 is 34.1 Å². The fourth-order valence-corrected chi connectivity index (χ4v) is 3.93. The van der Waals surface area contributed by atoms with E-state index in [-0.39, 0.29) is 5.91 Å². The molecular formula is C26H19ClN4O. The molecule has 0 fully saturated rings. The molecule has 2 aromatic heterocycles. The summed E-state index contributed by atoms with van der Waals surface area (Å²) in [5.74, 6) is -0.254. The molecule has 5 aromatic rings. The average molecular weight is 439 g/mol. The number of para-hydroxylation sites is 1. The van der Waals surface area contributed by atoms with Crippen LogP contribution in [0.3, 0.4) is 0 Å². The summed E-state index contributed by atoms with van der Waals surface area (Å²) in [4.78, 5) is 17.8. The molecule has 156 valence electrons. The molecule has 0 saturated carbocycles. The number of anilines is 1. The molecular weight excluding hydrogens is 420 g/mol. The summed E-state index contributed by atoms with van der Waals surface area (Å²) < 4.78 is 1.65. The zero-order valence-corrected chi connectivity index (χ0v) is 18.0. The zero-order chi connectivity index (χ0) is 22.1. The molecule has 0 aliphatic rings. The van der Waals surface area contributed by atoms with Gasteiger partial charge < -0.3 is 5.32 Å². The molecule has 3 aromatic carbocycles. The number of nitrogens with zero attached hydrogens (tertiary/aromatic N) is 3. The Morgan fingerprint density at radius 2 is 1.81 bits per heavy atom. The van der Waals surface area contributed by atoms with Gasteiger partial charge in [0.05, 0.1) is 27.5 Å². The lowest BCUT2D eigenvalue weighted by Crippen LogP contribution is -2.12. The van der Waals surface area contributed by atoms with Crippen molar-refractivity contribution in [3.8, 4) is 16.9 Å². The summed E-state index contributed by atoms with van der Waals surface area (Å²) in [5, 5.41) is 9.20. The second-order valence-corrected chi connectivity index (χ2v) is 7.89. The molecule has 0 aliphatic carbocycles. The first-order chi connectivity index (χ1) is 15.6. The number of aromatic nitrogens is 3. The first-order valence-corrected chi connectivity index (χ1v) is 10.5. The Hall–Kier alpha value is -3.96. The number of amides is 1. The van der Waals surface area contributed by atoms with Gasteiger partial charge in [-0.3, -0.25) is 9.78 Å². The van der Waals surface area contributed by atoms with Gasteiger partial charge in [-0.05, 0) is 49.4 Å². The number of fused-ring (bicyclic) bond motifs is 1. The molecule has 6 heteroatoms. The van der Waals surface area contributed by atoms with E-state index in [0.717, 1.165) is 22.0 Å². The number of pyridine rings is 1. The highest BCUT2D eigenvalue weighted by molar-refractivity contribution is 6.32. The highest BCUT2D eigenvalue weighted by Crippen LogP contribution is 2.29. The molecule has 0 atom stereocenters. The van der Waals surface area contributed by atoms with Crippen LogP contribution in [-0.4, -0.2) is 20.7 Å². The number of nitrogens with one attached hydrogen (secondary N) is 1. The fourth-order valence-electron chi connectivity index (χ4n) is 3.71. The monoisotopic (exact) mass is 438 g/mol. The first-order valence-electron chi connectivity index (χ1n) is 10.2. The molecule has 2 heterocycles. The van der Waals surface area contributed by atoms with Crippen molar-refractivity contribution in [1.29, 1.82) is 0 Å². The lowest BCUT2D eigenvalue weighted by atomic mass is 10.1. The van der Waals surface area contributed by atoms with Gasteiger partial charge in [-0.25, -0.2) is 4.68 Å². The molecule has 0 saturated heterocycles. The van der Waals surface area contributed by atoms with Crippen LogP contribution in [0.25, 0.3) is 27.8 Å². The molecule has 0 spiro atoms. The van der Waals surface area contributed by atoms with Gasteiger partial charge in [0.15, 0.2) is 0 Å². The number of hydrogen-bond donors (Lipinski definition) is 1. The minimum Gasteiger partial charge on any atom is -0.321 e. The second kappa shape index (κ2) is 8.29. The van der Waals surface area contributed by atoms with Crippen molar-refractivity contribution in [2.45, 2.75) is 6.92 Å². The minimum atomic E-state index is -0.254. The van der Waals surface area contributed by atoms with Crippen LogP contribution < -0.4 is 5.32 Å². The smallest absolute Gasteiger partial charge is 0.259 e. The van der Waals surface area contributed by atoms with E-state index in [0.29, 0.717) is 27.7 Å². The predicted octanol–water partition coefficient (Wildman–Crippen LogP) is 6.30. The van der Waals surface area contributed by atoms with Gasteiger partial charge in [-0.1, -0.05) is 53.6 Å². The van der Waals surface area contributed by atoms with E-state index in [1.54, 1.807) is 23.1 Å². The largest absolute Gasteiger partial charge is 0.321 e. The Morgan fingerprint density at radius 3 is 2.66 bits per heavy atom. The Bertz CT molecular complexity index is 1450. The van der Waals surface area contributed by atoms with Gasteiger partial charge in [0.1, 0.15) is 5.69 Å². The van der Waals surface area contributed by atoms with Crippen molar-refractivity contribution in [3.63, 3.8) is 0 Å². The lowest BCUT2D eigenvalue weighted by molar-refractivity contribution is 0.102. The summed E-state index contributed by atoms with van der Waals surface area (Å²) in [6.45, 7) is 2.01. The van der Waals surface area contributed by atoms with Crippen LogP contribution in [0.1, 0.15) is 15.9 Å². The number of benzene rings is 3. The third-order valence-electron chi connectivity index (χ3n) is 5.24. The molecule has 1 amide bonds. The van der Waals surface area contributed by atoms with Gasteiger partial charge in [0, 0.05) is 23.3 Å². The quantitative estimate of drug-likeness (QED) is 0.358. The Balaban J connectivity index is 1.61. The third kappa shape index (κ3) is 3.74. The van der Waals surface area contributed by atoms with Gasteiger partial charge in [-0.15, -0.1) is 0 Å². The average Bonchev–Trinajstić information content (AvgIpc) is 3.25. The van der Waals surface area contributed by atoms with E-state index in [2.05, 4.69) is 10.3 Å². The van der Waals surface area contributed by atoms with E-state index in [1.807, 2.05) is 79.7 Å². The topological polar surface area (TPSA) is 59.8 Å². The van der Waals surface area contributed by atoms with Crippen molar-refractivity contribution in [1.82, 2.24) is 14.8 Å². The fraction of sp³-hybridized carbons (Fsp3) is 0.0385. The Morgan fingerprint density at radius 1 is 0.969 bits per heavy atom. The molecule has 5 nitrogen and oxygen atoms in total. The van der Waals surface area contributed by atoms with E-state index in [4.69, 9.17) is 16.7 Å².